The highest BCUT2D eigenvalue weighted by Gasteiger charge is 2.79. The molecule has 5 aliphatic carbocycles. The van der Waals surface area contributed by atoms with Crippen LogP contribution < -0.4 is 0 Å². The summed E-state index contributed by atoms with van der Waals surface area (Å²) in [5, 5.41) is 22.1. The van der Waals surface area contributed by atoms with Gasteiger partial charge in [0.05, 0.1) is 12.2 Å². The Kier molecular flexibility index (Phi) is 6.27. The molecule has 0 saturated heterocycles. The summed E-state index contributed by atoms with van der Waals surface area (Å²) in [6.07, 6.45) is 11.2. The minimum atomic E-state index is -0.751. The summed E-state index contributed by atoms with van der Waals surface area (Å²) in [7, 11) is 0. The lowest BCUT2D eigenvalue weighted by Crippen LogP contribution is -2.56. The molecule has 2 spiro atoms. The van der Waals surface area contributed by atoms with Crippen LogP contribution >= 0.6 is 0 Å². The second-order valence-corrected chi connectivity index (χ2v) is 14.3. The Balaban J connectivity index is 1.25. The zero-order valence-electron chi connectivity index (χ0n) is 22.6. The lowest BCUT2D eigenvalue weighted by Gasteiger charge is -2.58. The van der Waals surface area contributed by atoms with Crippen molar-refractivity contribution in [3.05, 3.63) is 0 Å². The third-order valence-electron chi connectivity index (χ3n) is 12.0. The Hall–Kier alpha value is -0.940. The van der Waals surface area contributed by atoms with Gasteiger partial charge in [-0.3, -0.25) is 9.59 Å². The number of ketones is 1. The van der Waals surface area contributed by atoms with Crippen LogP contribution in [-0.4, -0.2) is 39.8 Å². The van der Waals surface area contributed by atoms with Gasteiger partial charge in [-0.2, -0.15) is 0 Å². The van der Waals surface area contributed by atoms with E-state index in [1.54, 1.807) is 13.8 Å². The topological polar surface area (TPSA) is 83.8 Å². The molecule has 5 rings (SSSR count). The Morgan fingerprint density at radius 2 is 1.77 bits per heavy atom. The van der Waals surface area contributed by atoms with Crippen LogP contribution in [0.3, 0.4) is 0 Å². The van der Waals surface area contributed by atoms with Crippen molar-refractivity contribution in [1.82, 2.24) is 0 Å². The molecule has 0 heterocycles. The summed E-state index contributed by atoms with van der Waals surface area (Å²) in [5.74, 6) is 2.55. The summed E-state index contributed by atoms with van der Waals surface area (Å²) >= 11 is 0. The van der Waals surface area contributed by atoms with E-state index in [9.17, 15) is 19.8 Å². The largest absolute Gasteiger partial charge is 0.459 e. The second-order valence-electron chi connectivity index (χ2n) is 14.3. The van der Waals surface area contributed by atoms with E-state index in [-0.39, 0.29) is 35.8 Å². The van der Waals surface area contributed by atoms with Gasteiger partial charge in [0, 0.05) is 12.8 Å². The Morgan fingerprint density at radius 1 is 1.06 bits per heavy atom. The lowest BCUT2D eigenvalue weighted by atomic mass is 9.48. The van der Waals surface area contributed by atoms with E-state index in [1.165, 1.54) is 32.6 Å². The van der Waals surface area contributed by atoms with Crippen LogP contribution in [0.5, 0.6) is 0 Å². The summed E-state index contributed by atoms with van der Waals surface area (Å²) in [6, 6.07) is 0. The number of rotatable bonds is 7. The van der Waals surface area contributed by atoms with Gasteiger partial charge < -0.3 is 14.9 Å². The van der Waals surface area contributed by atoms with Gasteiger partial charge in [-0.05, 0) is 131 Å². The molecule has 0 amide bonds. The fraction of sp³-hybridized carbons (Fsp3) is 0.933. The van der Waals surface area contributed by atoms with E-state index in [2.05, 4.69) is 13.8 Å². The van der Waals surface area contributed by atoms with Crippen molar-refractivity contribution in [2.75, 3.05) is 0 Å². The van der Waals surface area contributed by atoms with Crippen molar-refractivity contribution in [3.8, 4) is 0 Å². The molecule has 2 N–H and O–H groups in total. The van der Waals surface area contributed by atoms with Crippen LogP contribution in [0.4, 0.5) is 0 Å². The number of aliphatic hydroxyl groups excluding tert-OH is 2. The molecular formula is C30H48O5. The molecule has 10 atom stereocenters. The van der Waals surface area contributed by atoms with Crippen molar-refractivity contribution in [3.63, 3.8) is 0 Å². The van der Waals surface area contributed by atoms with Gasteiger partial charge in [-0.15, -0.1) is 0 Å². The van der Waals surface area contributed by atoms with Crippen molar-refractivity contribution in [2.24, 2.45) is 45.8 Å². The Bertz CT molecular complexity index is 867. The highest BCUT2D eigenvalue weighted by Crippen LogP contribution is 2.85. The maximum atomic E-state index is 12.6. The number of hydrogen-bond donors (Lipinski definition) is 2. The Labute approximate surface area is 211 Å². The van der Waals surface area contributed by atoms with Crippen molar-refractivity contribution >= 4 is 11.8 Å². The van der Waals surface area contributed by atoms with Crippen molar-refractivity contribution < 1.29 is 24.5 Å². The minimum absolute atomic E-state index is 0.0287. The van der Waals surface area contributed by atoms with Gasteiger partial charge in [0.1, 0.15) is 11.4 Å². The van der Waals surface area contributed by atoms with Crippen LogP contribution in [0.1, 0.15) is 112 Å². The van der Waals surface area contributed by atoms with Gasteiger partial charge in [-0.1, -0.05) is 13.8 Å². The SMILES string of the molecule is CC(=O)CC(C)(C)OC(=O)CCC(C)C1CCC2C3CCC4CC(O)CCC45CC35CC(O)C12C. The molecule has 0 aliphatic heterocycles. The predicted molar refractivity (Wildman–Crippen MR) is 134 cm³/mol. The zero-order valence-corrected chi connectivity index (χ0v) is 22.6. The highest BCUT2D eigenvalue weighted by atomic mass is 16.6. The zero-order chi connectivity index (χ0) is 25.4. The average molecular weight is 489 g/mol. The first-order chi connectivity index (χ1) is 16.3. The summed E-state index contributed by atoms with van der Waals surface area (Å²) in [5.41, 5.74) is -0.0991. The van der Waals surface area contributed by atoms with E-state index < -0.39 is 5.60 Å². The van der Waals surface area contributed by atoms with E-state index >= 15 is 0 Å². The first-order valence-electron chi connectivity index (χ1n) is 14.4. The number of hydrogen-bond acceptors (Lipinski definition) is 5. The van der Waals surface area contributed by atoms with Crippen LogP contribution in [0.25, 0.3) is 0 Å². The first-order valence-corrected chi connectivity index (χ1v) is 14.4. The molecular weight excluding hydrogens is 440 g/mol. The quantitative estimate of drug-likeness (QED) is 0.466. The van der Waals surface area contributed by atoms with Crippen LogP contribution in [0, 0.1) is 45.8 Å². The van der Waals surface area contributed by atoms with Gasteiger partial charge >= 0.3 is 5.97 Å². The number of carbonyl (C=O) groups is 2. The first kappa shape index (κ1) is 25.7. The molecule has 5 saturated carbocycles. The normalized spacial score (nSPS) is 47.1. The summed E-state index contributed by atoms with van der Waals surface area (Å²) in [4.78, 5) is 24.1. The molecule has 10 unspecified atom stereocenters. The Morgan fingerprint density at radius 3 is 2.49 bits per heavy atom. The number of ether oxygens (including phenoxy) is 1. The highest BCUT2D eigenvalue weighted by molar-refractivity contribution is 5.77. The number of fused-ring (bicyclic) bond motifs is 2. The molecule has 0 aromatic carbocycles. The fourth-order valence-electron chi connectivity index (χ4n) is 10.7. The van der Waals surface area contributed by atoms with Gasteiger partial charge in [-0.25, -0.2) is 0 Å². The standard InChI is InChI=1S/C30H48O5/c1-18(6-11-26(34)35-27(3,4)15-19(2)31)22-9-10-23-24-8-7-20-14-21(32)12-13-29(20)17-30(24,29)16-25(33)28(22,23)5/h18,20-25,32-33H,6-17H2,1-5H3. The summed E-state index contributed by atoms with van der Waals surface area (Å²) < 4.78 is 5.63. The number of esters is 1. The van der Waals surface area contributed by atoms with E-state index in [0.717, 1.165) is 44.4 Å². The van der Waals surface area contributed by atoms with Gasteiger partial charge in [0.25, 0.3) is 0 Å². The van der Waals surface area contributed by atoms with Crippen LogP contribution in [0.2, 0.25) is 0 Å². The molecule has 5 nitrogen and oxygen atoms in total. The monoisotopic (exact) mass is 488 g/mol. The van der Waals surface area contributed by atoms with E-state index in [4.69, 9.17) is 4.74 Å². The molecule has 0 aromatic rings. The molecule has 5 fully saturated rings. The lowest BCUT2D eigenvalue weighted by molar-refractivity contribution is -0.159. The number of Topliss-reactive ketones (excluding diaryl/α,β-unsaturated/α-hetero) is 1. The molecule has 5 heteroatoms. The second kappa shape index (κ2) is 8.55. The molecule has 0 aromatic heterocycles. The molecule has 0 radical (unpaired) electrons. The van der Waals surface area contributed by atoms with E-state index in [0.29, 0.717) is 40.9 Å². The molecule has 35 heavy (non-hydrogen) atoms. The fourth-order valence-corrected chi connectivity index (χ4v) is 10.7. The van der Waals surface area contributed by atoms with Crippen molar-refractivity contribution in [1.29, 1.82) is 0 Å². The third kappa shape index (κ3) is 3.93. The maximum Gasteiger partial charge on any atom is 0.306 e. The van der Waals surface area contributed by atoms with Crippen molar-refractivity contribution in [2.45, 2.75) is 129 Å². The van der Waals surface area contributed by atoms with Crippen LogP contribution in [-0.2, 0) is 14.3 Å². The molecule has 5 aliphatic rings. The smallest absolute Gasteiger partial charge is 0.306 e. The summed E-state index contributed by atoms with van der Waals surface area (Å²) in [6.45, 7) is 9.77. The third-order valence-corrected chi connectivity index (χ3v) is 12.0. The van der Waals surface area contributed by atoms with Gasteiger partial charge in [0.15, 0.2) is 0 Å². The maximum absolute atomic E-state index is 12.6. The van der Waals surface area contributed by atoms with Gasteiger partial charge in [0.2, 0.25) is 0 Å². The number of carbonyl (C=O) groups excluding carboxylic acids is 2. The van der Waals surface area contributed by atoms with E-state index in [1.807, 2.05) is 0 Å². The molecule has 0 bridgehead atoms. The average Bonchev–Trinajstić information content (AvgIpc) is 3.26. The predicted octanol–water partition coefficient (Wildman–Crippen LogP) is 5.45. The van der Waals surface area contributed by atoms with Crippen LogP contribution in [0.15, 0.2) is 0 Å². The number of aliphatic hydroxyl groups is 2. The minimum Gasteiger partial charge on any atom is -0.459 e. The molecule has 198 valence electrons.